The number of hydrazone groups is 1. The van der Waals surface area contributed by atoms with Crippen molar-refractivity contribution in [3.63, 3.8) is 0 Å². The predicted octanol–water partition coefficient (Wildman–Crippen LogP) is 4.23. The fourth-order valence-electron chi connectivity index (χ4n) is 2.01. The van der Waals surface area contributed by atoms with Crippen LogP contribution in [0.2, 0.25) is 0 Å². The molecule has 0 aliphatic heterocycles. The number of nitrogens with one attached hydrogen (secondary N) is 1. The van der Waals surface area contributed by atoms with E-state index in [-0.39, 0.29) is 12.4 Å². The fraction of sp³-hybridized carbons (Fsp3) is 0.294. The number of ether oxygens (including phenoxy) is 2. The van der Waals surface area contributed by atoms with Crippen molar-refractivity contribution in [2.24, 2.45) is 5.10 Å². The third-order valence-electron chi connectivity index (χ3n) is 3.35. The summed E-state index contributed by atoms with van der Waals surface area (Å²) in [5.74, 6) is -4.44. The van der Waals surface area contributed by atoms with E-state index in [4.69, 9.17) is 13.9 Å². The Morgan fingerprint density at radius 3 is 2.71 bits per heavy atom. The Morgan fingerprint density at radius 1 is 1.36 bits per heavy atom. The Morgan fingerprint density at radius 2 is 2.11 bits per heavy atom. The molecular weight excluding hydrogens is 452 g/mol. The molecule has 1 aromatic heterocycles. The zero-order chi connectivity index (χ0) is 20.7. The SMILES string of the molecule is COc1ccc(/C=N/NC(=O)c2ccc(Br)o2)cc1COCC(F)(F)C(F)F. The van der Waals surface area contributed by atoms with Crippen LogP contribution in [0.1, 0.15) is 21.7 Å². The van der Waals surface area contributed by atoms with Gasteiger partial charge in [-0.25, -0.2) is 14.2 Å². The van der Waals surface area contributed by atoms with Gasteiger partial charge in [-0.2, -0.15) is 13.9 Å². The first-order chi connectivity index (χ1) is 13.2. The van der Waals surface area contributed by atoms with Gasteiger partial charge in [-0.05, 0) is 51.8 Å². The molecule has 0 radical (unpaired) electrons. The van der Waals surface area contributed by atoms with Crippen molar-refractivity contribution < 1.29 is 36.2 Å². The Balaban J connectivity index is 2.00. The van der Waals surface area contributed by atoms with E-state index in [1.54, 1.807) is 12.1 Å². The second-order valence-corrected chi connectivity index (χ2v) is 6.21. The van der Waals surface area contributed by atoms with E-state index in [0.717, 1.165) is 0 Å². The summed E-state index contributed by atoms with van der Waals surface area (Å²) < 4.78 is 65.4. The van der Waals surface area contributed by atoms with Gasteiger partial charge in [0.05, 0.1) is 19.9 Å². The lowest BCUT2D eigenvalue weighted by molar-refractivity contribution is -0.168. The highest BCUT2D eigenvalue weighted by Gasteiger charge is 2.40. The highest BCUT2D eigenvalue weighted by molar-refractivity contribution is 9.10. The zero-order valence-electron chi connectivity index (χ0n) is 14.4. The minimum absolute atomic E-state index is 0.0489. The number of nitrogens with zero attached hydrogens (tertiary/aromatic N) is 1. The second-order valence-electron chi connectivity index (χ2n) is 5.43. The molecule has 11 heteroatoms. The van der Waals surface area contributed by atoms with Gasteiger partial charge in [0, 0.05) is 5.56 Å². The van der Waals surface area contributed by atoms with Crippen LogP contribution in [0.15, 0.2) is 44.5 Å². The van der Waals surface area contributed by atoms with Gasteiger partial charge in [0.25, 0.3) is 0 Å². The number of methoxy groups -OCH3 is 1. The van der Waals surface area contributed by atoms with E-state index < -0.39 is 24.9 Å². The topological polar surface area (TPSA) is 73.1 Å². The maximum absolute atomic E-state index is 12.9. The van der Waals surface area contributed by atoms with Gasteiger partial charge < -0.3 is 13.9 Å². The fourth-order valence-corrected chi connectivity index (χ4v) is 2.32. The van der Waals surface area contributed by atoms with Crippen molar-refractivity contribution in [2.45, 2.75) is 19.0 Å². The molecule has 6 nitrogen and oxygen atoms in total. The van der Waals surface area contributed by atoms with Crippen LogP contribution in [-0.4, -0.2) is 38.2 Å². The maximum atomic E-state index is 12.9. The molecule has 0 aliphatic rings. The van der Waals surface area contributed by atoms with E-state index in [2.05, 4.69) is 26.5 Å². The lowest BCUT2D eigenvalue weighted by Gasteiger charge is -2.16. The largest absolute Gasteiger partial charge is 0.496 e. The summed E-state index contributed by atoms with van der Waals surface area (Å²) in [7, 11) is 1.36. The van der Waals surface area contributed by atoms with Gasteiger partial charge in [0.15, 0.2) is 10.4 Å². The Labute approximate surface area is 165 Å². The summed E-state index contributed by atoms with van der Waals surface area (Å²) in [5, 5.41) is 3.77. The molecule has 1 heterocycles. The average Bonchev–Trinajstić information content (AvgIpc) is 3.08. The summed E-state index contributed by atoms with van der Waals surface area (Å²) in [6.45, 7) is -1.80. The highest BCUT2D eigenvalue weighted by Crippen LogP contribution is 2.25. The standard InChI is InChI=1S/C17H15BrF4N2O4/c1-26-12-3-2-10(6-11(12)8-27-9-17(21,22)16(19)20)7-23-24-15(25)13-4-5-14(18)28-13/h2-7,16H,8-9H2,1H3,(H,24,25)/b23-7+. The molecule has 1 N–H and O–H groups in total. The van der Waals surface area contributed by atoms with Crippen LogP contribution in [-0.2, 0) is 11.3 Å². The number of halogens is 5. The van der Waals surface area contributed by atoms with E-state index in [1.165, 1.54) is 31.5 Å². The maximum Gasteiger partial charge on any atom is 0.330 e. The number of rotatable bonds is 9. The van der Waals surface area contributed by atoms with Gasteiger partial charge in [0.2, 0.25) is 0 Å². The molecular formula is C17H15BrF4N2O4. The number of furan rings is 1. The van der Waals surface area contributed by atoms with E-state index in [1.807, 2.05) is 0 Å². The number of hydrogen-bond acceptors (Lipinski definition) is 5. The van der Waals surface area contributed by atoms with Gasteiger partial charge in [-0.15, -0.1) is 0 Å². The monoisotopic (exact) mass is 466 g/mol. The predicted molar refractivity (Wildman–Crippen MR) is 95.1 cm³/mol. The van der Waals surface area contributed by atoms with Crippen molar-refractivity contribution in [1.82, 2.24) is 5.43 Å². The number of carbonyl (C=O) groups is 1. The summed E-state index contributed by atoms with van der Waals surface area (Å²) in [5.41, 5.74) is 3.09. The minimum Gasteiger partial charge on any atom is -0.496 e. The third kappa shape index (κ3) is 6.06. The van der Waals surface area contributed by atoms with Crippen molar-refractivity contribution in [2.75, 3.05) is 13.7 Å². The number of alkyl halides is 4. The summed E-state index contributed by atoms with van der Waals surface area (Å²) >= 11 is 3.07. The summed E-state index contributed by atoms with van der Waals surface area (Å²) in [6, 6.07) is 7.61. The molecule has 152 valence electrons. The molecule has 0 aliphatic carbocycles. The smallest absolute Gasteiger partial charge is 0.330 e. The van der Waals surface area contributed by atoms with Crippen LogP contribution in [0.4, 0.5) is 17.6 Å². The van der Waals surface area contributed by atoms with Gasteiger partial charge in [-0.1, -0.05) is 0 Å². The molecule has 0 saturated heterocycles. The molecule has 0 bridgehead atoms. The first-order valence-electron chi connectivity index (χ1n) is 7.72. The van der Waals surface area contributed by atoms with E-state index in [0.29, 0.717) is 21.5 Å². The van der Waals surface area contributed by atoms with Crippen LogP contribution >= 0.6 is 15.9 Å². The Kier molecular flexibility index (Phi) is 7.58. The molecule has 0 fully saturated rings. The number of benzene rings is 1. The third-order valence-corrected chi connectivity index (χ3v) is 3.78. The molecule has 2 rings (SSSR count). The van der Waals surface area contributed by atoms with Crippen LogP contribution in [0.25, 0.3) is 0 Å². The van der Waals surface area contributed by atoms with Gasteiger partial charge in [0.1, 0.15) is 12.4 Å². The van der Waals surface area contributed by atoms with E-state index in [9.17, 15) is 22.4 Å². The molecule has 0 atom stereocenters. The molecule has 1 aromatic carbocycles. The Bertz CT molecular complexity index is 842. The van der Waals surface area contributed by atoms with Crippen LogP contribution in [0, 0.1) is 0 Å². The van der Waals surface area contributed by atoms with Crippen LogP contribution < -0.4 is 10.2 Å². The molecule has 28 heavy (non-hydrogen) atoms. The average molecular weight is 467 g/mol. The lowest BCUT2D eigenvalue weighted by Crippen LogP contribution is -2.32. The number of hydrogen-bond donors (Lipinski definition) is 1. The normalized spacial score (nSPS) is 12.0. The molecule has 0 spiro atoms. The van der Waals surface area contributed by atoms with Crippen molar-refractivity contribution in [3.8, 4) is 5.75 Å². The minimum atomic E-state index is -4.24. The first kappa shape index (κ1) is 21.9. The quantitative estimate of drug-likeness (QED) is 0.341. The summed E-state index contributed by atoms with van der Waals surface area (Å²) in [4.78, 5) is 11.8. The number of carbonyl (C=O) groups excluding carboxylic acids is 1. The summed E-state index contributed by atoms with van der Waals surface area (Å²) in [6.07, 6.45) is -2.52. The first-order valence-corrected chi connectivity index (χ1v) is 8.51. The van der Waals surface area contributed by atoms with Crippen LogP contribution in [0.3, 0.4) is 0 Å². The molecule has 2 aromatic rings. The molecule has 0 saturated carbocycles. The van der Waals surface area contributed by atoms with Gasteiger partial charge in [-0.3, -0.25) is 4.79 Å². The van der Waals surface area contributed by atoms with Crippen LogP contribution in [0.5, 0.6) is 5.75 Å². The number of amides is 1. The van der Waals surface area contributed by atoms with E-state index >= 15 is 0 Å². The Hall–Kier alpha value is -2.40. The van der Waals surface area contributed by atoms with Crippen molar-refractivity contribution >= 4 is 28.1 Å². The second kappa shape index (κ2) is 9.69. The molecule has 0 unspecified atom stereocenters. The lowest BCUT2D eigenvalue weighted by atomic mass is 10.1. The molecule has 1 amide bonds. The van der Waals surface area contributed by atoms with Crippen molar-refractivity contribution in [3.05, 3.63) is 51.9 Å². The van der Waals surface area contributed by atoms with Crippen molar-refractivity contribution in [1.29, 1.82) is 0 Å². The zero-order valence-corrected chi connectivity index (χ0v) is 16.0. The highest BCUT2D eigenvalue weighted by atomic mass is 79.9. The van der Waals surface area contributed by atoms with Gasteiger partial charge >= 0.3 is 18.3 Å².